The highest BCUT2D eigenvalue weighted by Crippen LogP contribution is 2.33. The second-order valence-corrected chi connectivity index (χ2v) is 6.33. The van der Waals surface area contributed by atoms with Gasteiger partial charge in [0.15, 0.2) is 0 Å². The molecule has 2 aromatic rings. The Kier molecular flexibility index (Phi) is 5.12. The van der Waals surface area contributed by atoms with Gasteiger partial charge in [-0.25, -0.2) is 0 Å². The van der Waals surface area contributed by atoms with E-state index in [1.54, 1.807) is 6.07 Å². The normalized spacial score (nSPS) is 21.6. The van der Waals surface area contributed by atoms with Crippen LogP contribution < -0.4 is 5.32 Å². The first-order valence-corrected chi connectivity index (χ1v) is 8.37. The number of phenols is 1. The Morgan fingerprint density at radius 1 is 0.909 bits per heavy atom. The quantitative estimate of drug-likeness (QED) is 0.864. The number of rotatable bonds is 5. The van der Waals surface area contributed by atoms with Crippen molar-refractivity contribution < 1.29 is 5.11 Å². The fraction of sp³-hybridized carbons (Fsp3) is 0.400. The topological polar surface area (TPSA) is 32.3 Å². The molecular weight excluding hydrogens is 270 g/mol. The molecule has 1 saturated carbocycles. The van der Waals surface area contributed by atoms with Crippen molar-refractivity contribution in [3.63, 3.8) is 0 Å². The molecule has 0 saturated heterocycles. The molecule has 0 aromatic heterocycles. The van der Waals surface area contributed by atoms with E-state index >= 15 is 0 Å². The molecule has 1 aliphatic rings. The Bertz CT molecular complexity index is 573. The van der Waals surface area contributed by atoms with Crippen LogP contribution in [0, 0.1) is 0 Å². The molecule has 116 valence electrons. The van der Waals surface area contributed by atoms with E-state index in [4.69, 9.17) is 0 Å². The number of phenolic OH excluding ortho intramolecular Hbond substituents is 1. The molecule has 2 heteroatoms. The molecule has 1 aliphatic carbocycles. The van der Waals surface area contributed by atoms with Crippen LogP contribution in [-0.4, -0.2) is 17.7 Å². The van der Waals surface area contributed by atoms with E-state index in [0.717, 1.165) is 13.0 Å². The molecule has 0 unspecified atom stereocenters. The van der Waals surface area contributed by atoms with Gasteiger partial charge in [0.25, 0.3) is 0 Å². The van der Waals surface area contributed by atoms with Gasteiger partial charge in [-0.05, 0) is 67.8 Å². The summed E-state index contributed by atoms with van der Waals surface area (Å²) in [7, 11) is 0. The highest BCUT2D eigenvalue weighted by molar-refractivity contribution is 5.30. The largest absolute Gasteiger partial charge is 0.508 e. The summed E-state index contributed by atoms with van der Waals surface area (Å²) < 4.78 is 0. The van der Waals surface area contributed by atoms with Crippen LogP contribution in [0.3, 0.4) is 0 Å². The average Bonchev–Trinajstić information content (AvgIpc) is 2.56. The molecule has 2 nitrogen and oxygen atoms in total. The van der Waals surface area contributed by atoms with Gasteiger partial charge >= 0.3 is 0 Å². The summed E-state index contributed by atoms with van der Waals surface area (Å²) in [4.78, 5) is 0. The van der Waals surface area contributed by atoms with Crippen LogP contribution >= 0.6 is 0 Å². The predicted molar refractivity (Wildman–Crippen MR) is 91.3 cm³/mol. The average molecular weight is 295 g/mol. The van der Waals surface area contributed by atoms with E-state index < -0.39 is 0 Å². The molecule has 0 amide bonds. The number of hydrogen-bond acceptors (Lipinski definition) is 2. The SMILES string of the molecule is Oc1cccc(C2CCC(NCCc3ccccc3)CC2)c1. The van der Waals surface area contributed by atoms with Crippen LogP contribution in [0.1, 0.15) is 42.7 Å². The molecule has 0 spiro atoms. The van der Waals surface area contributed by atoms with Gasteiger partial charge < -0.3 is 10.4 Å². The summed E-state index contributed by atoms with van der Waals surface area (Å²) in [6.45, 7) is 1.06. The maximum absolute atomic E-state index is 9.61. The Morgan fingerprint density at radius 3 is 2.41 bits per heavy atom. The number of benzene rings is 2. The number of aromatic hydroxyl groups is 1. The third-order valence-corrected chi connectivity index (χ3v) is 4.76. The first-order valence-electron chi connectivity index (χ1n) is 8.37. The number of nitrogens with one attached hydrogen (secondary N) is 1. The second-order valence-electron chi connectivity index (χ2n) is 6.33. The highest BCUT2D eigenvalue weighted by Gasteiger charge is 2.22. The van der Waals surface area contributed by atoms with Crippen LogP contribution in [0.15, 0.2) is 54.6 Å². The first-order chi connectivity index (χ1) is 10.8. The molecule has 0 heterocycles. The lowest BCUT2D eigenvalue weighted by atomic mass is 9.81. The molecule has 22 heavy (non-hydrogen) atoms. The van der Waals surface area contributed by atoms with Crippen molar-refractivity contribution in [2.75, 3.05) is 6.54 Å². The fourth-order valence-corrected chi connectivity index (χ4v) is 3.47. The minimum Gasteiger partial charge on any atom is -0.508 e. The van der Waals surface area contributed by atoms with E-state index in [1.165, 1.54) is 36.8 Å². The Labute approximate surface area is 133 Å². The van der Waals surface area contributed by atoms with Gasteiger partial charge in [-0.3, -0.25) is 0 Å². The summed E-state index contributed by atoms with van der Waals surface area (Å²) in [5.74, 6) is 1.000. The first kappa shape index (κ1) is 15.1. The molecule has 3 rings (SSSR count). The van der Waals surface area contributed by atoms with Crippen LogP contribution in [0.25, 0.3) is 0 Å². The minimum absolute atomic E-state index is 0.389. The fourth-order valence-electron chi connectivity index (χ4n) is 3.47. The third kappa shape index (κ3) is 4.11. The lowest BCUT2D eigenvalue weighted by molar-refractivity contribution is 0.344. The zero-order chi connectivity index (χ0) is 15.2. The lowest BCUT2D eigenvalue weighted by Gasteiger charge is -2.29. The van der Waals surface area contributed by atoms with E-state index in [1.807, 2.05) is 12.1 Å². The van der Waals surface area contributed by atoms with Crippen LogP contribution in [0.2, 0.25) is 0 Å². The van der Waals surface area contributed by atoms with Gasteiger partial charge in [-0.1, -0.05) is 42.5 Å². The van der Waals surface area contributed by atoms with Crippen molar-refractivity contribution in [2.24, 2.45) is 0 Å². The van der Waals surface area contributed by atoms with Crippen molar-refractivity contribution >= 4 is 0 Å². The second kappa shape index (κ2) is 7.46. The zero-order valence-corrected chi connectivity index (χ0v) is 13.0. The Morgan fingerprint density at radius 2 is 1.68 bits per heavy atom. The van der Waals surface area contributed by atoms with Gasteiger partial charge in [0, 0.05) is 6.04 Å². The Balaban J connectivity index is 1.42. The summed E-state index contributed by atoms with van der Waals surface area (Å²) in [6.07, 6.45) is 6.00. The summed E-state index contributed by atoms with van der Waals surface area (Å²) in [5.41, 5.74) is 2.70. The van der Waals surface area contributed by atoms with E-state index in [2.05, 4.69) is 41.7 Å². The van der Waals surface area contributed by atoms with Crippen LogP contribution in [0.5, 0.6) is 5.75 Å². The molecule has 0 radical (unpaired) electrons. The standard InChI is InChI=1S/C20H25NO/c22-20-8-4-7-18(15-20)17-9-11-19(12-10-17)21-14-13-16-5-2-1-3-6-16/h1-8,15,17,19,21-22H,9-14H2. The van der Waals surface area contributed by atoms with Crippen molar-refractivity contribution in [3.05, 3.63) is 65.7 Å². The third-order valence-electron chi connectivity index (χ3n) is 4.76. The van der Waals surface area contributed by atoms with E-state index in [9.17, 15) is 5.11 Å². The van der Waals surface area contributed by atoms with Crippen molar-refractivity contribution in [1.29, 1.82) is 0 Å². The lowest BCUT2D eigenvalue weighted by Crippen LogP contribution is -2.34. The van der Waals surface area contributed by atoms with E-state index in [0.29, 0.717) is 17.7 Å². The smallest absolute Gasteiger partial charge is 0.115 e. The molecule has 1 fully saturated rings. The summed E-state index contributed by atoms with van der Waals surface area (Å²) in [6, 6.07) is 19.1. The molecule has 2 N–H and O–H groups in total. The minimum atomic E-state index is 0.389. The zero-order valence-electron chi connectivity index (χ0n) is 13.0. The summed E-state index contributed by atoms with van der Waals surface area (Å²) in [5, 5.41) is 13.3. The summed E-state index contributed by atoms with van der Waals surface area (Å²) >= 11 is 0. The molecule has 0 atom stereocenters. The molecule has 2 aromatic carbocycles. The number of hydrogen-bond donors (Lipinski definition) is 2. The van der Waals surface area contributed by atoms with E-state index in [-0.39, 0.29) is 0 Å². The van der Waals surface area contributed by atoms with Gasteiger partial charge in [0.05, 0.1) is 0 Å². The van der Waals surface area contributed by atoms with Gasteiger partial charge in [0.2, 0.25) is 0 Å². The molecule has 0 aliphatic heterocycles. The molecule has 0 bridgehead atoms. The monoisotopic (exact) mass is 295 g/mol. The highest BCUT2D eigenvalue weighted by atomic mass is 16.3. The Hall–Kier alpha value is -1.80. The van der Waals surface area contributed by atoms with Crippen LogP contribution in [-0.2, 0) is 6.42 Å². The maximum Gasteiger partial charge on any atom is 0.115 e. The predicted octanol–water partition coefficient (Wildman–Crippen LogP) is 4.25. The van der Waals surface area contributed by atoms with Crippen molar-refractivity contribution in [1.82, 2.24) is 5.32 Å². The van der Waals surface area contributed by atoms with Crippen molar-refractivity contribution in [3.8, 4) is 5.75 Å². The van der Waals surface area contributed by atoms with Gasteiger partial charge in [0.1, 0.15) is 5.75 Å². The molecular formula is C20H25NO. The van der Waals surface area contributed by atoms with Crippen molar-refractivity contribution in [2.45, 2.75) is 44.1 Å². The maximum atomic E-state index is 9.61. The van der Waals surface area contributed by atoms with Gasteiger partial charge in [-0.2, -0.15) is 0 Å². The van der Waals surface area contributed by atoms with Crippen LogP contribution in [0.4, 0.5) is 0 Å². The van der Waals surface area contributed by atoms with Gasteiger partial charge in [-0.15, -0.1) is 0 Å².